The number of nitrogens with one attached hydrogen (secondary N) is 1. The highest BCUT2D eigenvalue weighted by Gasteiger charge is 2.13. The molecule has 0 radical (unpaired) electrons. The fourth-order valence-electron chi connectivity index (χ4n) is 1.84. The zero-order valence-corrected chi connectivity index (χ0v) is 13.2. The van der Waals surface area contributed by atoms with Crippen molar-refractivity contribution in [2.45, 2.75) is 33.1 Å². The van der Waals surface area contributed by atoms with Crippen LogP contribution in [0.3, 0.4) is 0 Å². The van der Waals surface area contributed by atoms with Crippen molar-refractivity contribution >= 4 is 33.2 Å². The maximum absolute atomic E-state index is 11.9. The SMILES string of the molecule is CCCC(CCO)CNC(=O)c1cc(C)c(Br)s1. The molecule has 0 spiro atoms. The summed E-state index contributed by atoms with van der Waals surface area (Å²) in [6.45, 7) is 4.92. The van der Waals surface area contributed by atoms with E-state index in [4.69, 9.17) is 5.11 Å². The number of hydrogen-bond acceptors (Lipinski definition) is 3. The molecule has 0 saturated carbocycles. The fraction of sp³-hybridized carbons (Fsp3) is 0.615. The Hall–Kier alpha value is -0.390. The van der Waals surface area contributed by atoms with Crippen LogP contribution in [0.4, 0.5) is 0 Å². The van der Waals surface area contributed by atoms with E-state index < -0.39 is 0 Å². The summed E-state index contributed by atoms with van der Waals surface area (Å²) < 4.78 is 1.01. The molecular weight excluding hydrogens is 314 g/mol. The number of rotatable bonds is 7. The molecule has 1 heterocycles. The van der Waals surface area contributed by atoms with E-state index in [0.717, 1.165) is 33.5 Å². The summed E-state index contributed by atoms with van der Waals surface area (Å²) in [5.74, 6) is 0.348. The zero-order valence-electron chi connectivity index (χ0n) is 10.8. The molecule has 0 saturated heterocycles. The van der Waals surface area contributed by atoms with Crippen LogP contribution in [0.1, 0.15) is 41.4 Å². The monoisotopic (exact) mass is 333 g/mol. The average molecular weight is 334 g/mol. The van der Waals surface area contributed by atoms with Gasteiger partial charge < -0.3 is 10.4 Å². The van der Waals surface area contributed by atoms with Gasteiger partial charge in [-0.05, 0) is 53.2 Å². The van der Waals surface area contributed by atoms with Crippen molar-refractivity contribution in [2.75, 3.05) is 13.2 Å². The minimum absolute atomic E-state index is 0.0205. The van der Waals surface area contributed by atoms with Crippen molar-refractivity contribution < 1.29 is 9.90 Å². The molecule has 3 nitrogen and oxygen atoms in total. The van der Waals surface area contributed by atoms with E-state index in [0.29, 0.717) is 12.5 Å². The second kappa shape index (κ2) is 7.92. The molecule has 1 atom stereocenters. The van der Waals surface area contributed by atoms with Crippen LogP contribution >= 0.6 is 27.3 Å². The number of thiophene rings is 1. The minimum atomic E-state index is -0.0205. The quantitative estimate of drug-likeness (QED) is 0.803. The van der Waals surface area contributed by atoms with E-state index in [1.165, 1.54) is 11.3 Å². The summed E-state index contributed by atoms with van der Waals surface area (Å²) >= 11 is 4.88. The third kappa shape index (κ3) is 4.71. The molecule has 0 aliphatic heterocycles. The first-order chi connectivity index (χ1) is 8.58. The van der Waals surface area contributed by atoms with Gasteiger partial charge in [0.05, 0.1) is 8.66 Å². The van der Waals surface area contributed by atoms with Gasteiger partial charge in [0.25, 0.3) is 5.91 Å². The zero-order chi connectivity index (χ0) is 13.5. The summed E-state index contributed by atoms with van der Waals surface area (Å²) in [5.41, 5.74) is 1.09. The Bertz CT molecular complexity index is 367. The van der Waals surface area contributed by atoms with E-state index in [1.807, 2.05) is 13.0 Å². The van der Waals surface area contributed by atoms with Crippen molar-refractivity contribution in [3.8, 4) is 0 Å². The predicted octanol–water partition coefficient (Wildman–Crippen LogP) is 3.35. The number of halogens is 1. The van der Waals surface area contributed by atoms with Crippen LogP contribution in [0.5, 0.6) is 0 Å². The minimum Gasteiger partial charge on any atom is -0.396 e. The van der Waals surface area contributed by atoms with Crippen molar-refractivity contribution in [1.82, 2.24) is 5.32 Å². The maximum atomic E-state index is 11.9. The van der Waals surface area contributed by atoms with E-state index in [1.54, 1.807) is 0 Å². The largest absolute Gasteiger partial charge is 0.396 e. The molecule has 0 aliphatic carbocycles. The molecule has 5 heteroatoms. The van der Waals surface area contributed by atoms with Gasteiger partial charge in [-0.25, -0.2) is 0 Å². The molecule has 102 valence electrons. The summed E-state index contributed by atoms with van der Waals surface area (Å²) in [6, 6.07) is 1.89. The molecule has 1 aromatic heterocycles. The molecule has 0 fully saturated rings. The van der Waals surface area contributed by atoms with Crippen LogP contribution in [0.2, 0.25) is 0 Å². The van der Waals surface area contributed by atoms with Crippen molar-refractivity contribution in [3.05, 3.63) is 20.3 Å². The van der Waals surface area contributed by atoms with E-state index in [2.05, 4.69) is 28.2 Å². The van der Waals surface area contributed by atoms with Crippen LogP contribution in [-0.4, -0.2) is 24.2 Å². The van der Waals surface area contributed by atoms with Gasteiger partial charge in [0.1, 0.15) is 0 Å². The van der Waals surface area contributed by atoms with Gasteiger partial charge in [-0.2, -0.15) is 0 Å². The Morgan fingerprint density at radius 1 is 1.56 bits per heavy atom. The normalized spacial score (nSPS) is 12.4. The Labute approximate surface area is 121 Å². The number of aliphatic hydroxyl groups is 1. The van der Waals surface area contributed by atoms with Crippen molar-refractivity contribution in [2.24, 2.45) is 5.92 Å². The molecule has 0 aromatic carbocycles. The second-order valence-electron chi connectivity index (χ2n) is 4.44. The van der Waals surface area contributed by atoms with Crippen LogP contribution in [-0.2, 0) is 0 Å². The van der Waals surface area contributed by atoms with Crippen LogP contribution in [0, 0.1) is 12.8 Å². The maximum Gasteiger partial charge on any atom is 0.261 e. The molecule has 2 N–H and O–H groups in total. The van der Waals surface area contributed by atoms with Gasteiger partial charge in [-0.15, -0.1) is 11.3 Å². The number of hydrogen-bond donors (Lipinski definition) is 2. The third-order valence-corrected chi connectivity index (χ3v) is 5.00. The topological polar surface area (TPSA) is 49.3 Å². The molecule has 1 aromatic rings. The van der Waals surface area contributed by atoms with Gasteiger partial charge in [0, 0.05) is 13.2 Å². The lowest BCUT2D eigenvalue weighted by molar-refractivity contribution is 0.0947. The lowest BCUT2D eigenvalue weighted by Crippen LogP contribution is -2.29. The number of amides is 1. The Kier molecular flexibility index (Phi) is 6.89. The first-order valence-corrected chi connectivity index (χ1v) is 7.84. The predicted molar refractivity (Wildman–Crippen MR) is 79.2 cm³/mol. The molecule has 0 bridgehead atoms. The van der Waals surface area contributed by atoms with Crippen LogP contribution in [0.25, 0.3) is 0 Å². The van der Waals surface area contributed by atoms with Gasteiger partial charge in [0.2, 0.25) is 0 Å². The summed E-state index contributed by atoms with van der Waals surface area (Å²) in [4.78, 5) is 12.7. The highest BCUT2D eigenvalue weighted by molar-refractivity contribution is 9.11. The summed E-state index contributed by atoms with van der Waals surface area (Å²) in [7, 11) is 0. The van der Waals surface area contributed by atoms with Gasteiger partial charge in [-0.1, -0.05) is 13.3 Å². The standard InChI is InChI=1S/C13H20BrNO2S/c1-3-4-10(5-6-16)8-15-13(17)11-7-9(2)12(14)18-11/h7,10,16H,3-6,8H2,1-2H3,(H,15,17). The Morgan fingerprint density at radius 3 is 2.78 bits per heavy atom. The van der Waals surface area contributed by atoms with Crippen molar-refractivity contribution in [3.63, 3.8) is 0 Å². The molecule has 1 amide bonds. The van der Waals surface area contributed by atoms with Crippen molar-refractivity contribution in [1.29, 1.82) is 0 Å². The number of carbonyl (C=O) groups excluding carboxylic acids is 1. The number of aryl methyl sites for hydroxylation is 1. The molecule has 0 aliphatic rings. The third-order valence-electron chi connectivity index (χ3n) is 2.87. The lowest BCUT2D eigenvalue weighted by Gasteiger charge is -2.15. The average Bonchev–Trinajstić information content (AvgIpc) is 2.67. The number of aliphatic hydroxyl groups excluding tert-OH is 1. The van der Waals surface area contributed by atoms with Crippen LogP contribution in [0.15, 0.2) is 9.85 Å². The van der Waals surface area contributed by atoms with E-state index >= 15 is 0 Å². The highest BCUT2D eigenvalue weighted by atomic mass is 79.9. The van der Waals surface area contributed by atoms with Gasteiger partial charge >= 0.3 is 0 Å². The second-order valence-corrected chi connectivity index (χ2v) is 6.81. The lowest BCUT2D eigenvalue weighted by atomic mass is 10.0. The first-order valence-electron chi connectivity index (χ1n) is 6.23. The highest BCUT2D eigenvalue weighted by Crippen LogP contribution is 2.27. The molecule has 1 rings (SSSR count). The number of carbonyl (C=O) groups is 1. The van der Waals surface area contributed by atoms with Gasteiger partial charge in [-0.3, -0.25) is 4.79 Å². The summed E-state index contributed by atoms with van der Waals surface area (Å²) in [5, 5.41) is 11.9. The molecule has 18 heavy (non-hydrogen) atoms. The fourth-order valence-corrected chi connectivity index (χ4v) is 3.29. The first kappa shape index (κ1) is 15.7. The summed E-state index contributed by atoms with van der Waals surface area (Å²) in [6.07, 6.45) is 2.86. The Balaban J connectivity index is 2.48. The molecular formula is C13H20BrNO2S. The van der Waals surface area contributed by atoms with E-state index in [-0.39, 0.29) is 12.5 Å². The van der Waals surface area contributed by atoms with Gasteiger partial charge in [0.15, 0.2) is 0 Å². The molecule has 1 unspecified atom stereocenters. The smallest absolute Gasteiger partial charge is 0.261 e. The van der Waals surface area contributed by atoms with E-state index in [9.17, 15) is 4.79 Å². The van der Waals surface area contributed by atoms with Crippen LogP contribution < -0.4 is 5.32 Å². The Morgan fingerprint density at radius 2 is 2.28 bits per heavy atom.